The van der Waals surface area contributed by atoms with Crippen LogP contribution in [0.25, 0.3) is 11.3 Å². The Bertz CT molecular complexity index is 1100. The molecule has 1 saturated heterocycles. The summed E-state index contributed by atoms with van der Waals surface area (Å²) in [7, 11) is 0. The quantitative estimate of drug-likeness (QED) is 0.669. The van der Waals surface area contributed by atoms with Crippen LogP contribution in [0.1, 0.15) is 37.6 Å². The molecule has 1 fully saturated rings. The average molecular weight is 437 g/mol. The summed E-state index contributed by atoms with van der Waals surface area (Å²) in [4.78, 5) is 13.4. The molecule has 1 aromatic carbocycles. The van der Waals surface area contributed by atoms with E-state index in [2.05, 4.69) is 43.8 Å². The van der Waals surface area contributed by atoms with E-state index in [-0.39, 0.29) is 11.9 Å². The maximum atomic E-state index is 13.3. The highest BCUT2D eigenvalue weighted by Gasteiger charge is 2.28. The Morgan fingerprint density at radius 2 is 1.72 bits per heavy atom. The smallest absolute Gasteiger partial charge is 0.154 e. The first-order valence-electron chi connectivity index (χ1n) is 10.8. The number of rotatable bonds is 4. The van der Waals surface area contributed by atoms with Gasteiger partial charge in [-0.15, -0.1) is 10.2 Å². The lowest BCUT2D eigenvalue weighted by atomic mass is 10.0. The topological polar surface area (TPSA) is 78.3 Å². The van der Waals surface area contributed by atoms with E-state index in [0.717, 1.165) is 53.7 Å². The van der Waals surface area contributed by atoms with Gasteiger partial charge in [-0.2, -0.15) is 0 Å². The molecule has 3 aromatic rings. The highest BCUT2D eigenvalue weighted by atomic mass is 19.1. The van der Waals surface area contributed by atoms with Crippen LogP contribution in [0, 0.1) is 19.7 Å². The van der Waals surface area contributed by atoms with E-state index in [1.165, 1.54) is 12.1 Å². The summed E-state index contributed by atoms with van der Waals surface area (Å²) in [6.45, 7) is 12.0. The third-order valence-corrected chi connectivity index (χ3v) is 6.10. The zero-order chi connectivity index (χ0) is 23.0. The molecule has 1 aliphatic heterocycles. The number of aliphatic hydroxyl groups is 1. The van der Waals surface area contributed by atoms with Crippen LogP contribution in [0.2, 0.25) is 0 Å². The molecule has 0 saturated carbocycles. The van der Waals surface area contributed by atoms with Crippen molar-refractivity contribution in [3.63, 3.8) is 0 Å². The lowest BCUT2D eigenvalue weighted by Crippen LogP contribution is -2.53. The van der Waals surface area contributed by atoms with Crippen molar-refractivity contribution < 1.29 is 9.50 Å². The van der Waals surface area contributed by atoms with Gasteiger partial charge in [-0.1, -0.05) is 0 Å². The minimum absolute atomic E-state index is 0.198. The second kappa shape index (κ2) is 8.43. The third kappa shape index (κ3) is 4.27. The Kier molecular flexibility index (Phi) is 5.81. The maximum absolute atomic E-state index is 13.3. The second-order valence-corrected chi connectivity index (χ2v) is 8.94. The molecule has 0 spiro atoms. The van der Waals surface area contributed by atoms with Crippen LogP contribution >= 0.6 is 0 Å². The third-order valence-electron chi connectivity index (χ3n) is 6.10. The minimum Gasteiger partial charge on any atom is -0.384 e. The van der Waals surface area contributed by atoms with Gasteiger partial charge in [0.25, 0.3) is 0 Å². The molecule has 8 heteroatoms. The van der Waals surface area contributed by atoms with Crippen LogP contribution in [0.5, 0.6) is 0 Å². The molecular weight excluding hydrogens is 407 g/mol. The van der Waals surface area contributed by atoms with Crippen molar-refractivity contribution in [3.8, 4) is 11.3 Å². The summed E-state index contributed by atoms with van der Waals surface area (Å²) in [5, 5.41) is 19.1. The first-order valence-corrected chi connectivity index (χ1v) is 10.8. The Morgan fingerprint density at radius 1 is 1.00 bits per heavy atom. The first-order chi connectivity index (χ1) is 15.1. The van der Waals surface area contributed by atoms with Gasteiger partial charge in [0.1, 0.15) is 17.2 Å². The SMILES string of the molecule is Cc1c(-c2ccc(F)cc2)nnc(N2CCN(c3cnc(C(C)(C)O)cn3)[C@H](C)C2)c1C. The summed E-state index contributed by atoms with van der Waals surface area (Å²) >= 11 is 0. The lowest BCUT2D eigenvalue weighted by Gasteiger charge is -2.41. The van der Waals surface area contributed by atoms with Crippen LogP contribution in [0.15, 0.2) is 36.7 Å². The van der Waals surface area contributed by atoms with E-state index in [4.69, 9.17) is 0 Å². The van der Waals surface area contributed by atoms with Crippen LogP contribution < -0.4 is 9.80 Å². The first kappa shape index (κ1) is 22.1. The average Bonchev–Trinajstić information content (AvgIpc) is 2.76. The van der Waals surface area contributed by atoms with Gasteiger partial charge in [-0.25, -0.2) is 9.37 Å². The Hall–Kier alpha value is -3.13. The summed E-state index contributed by atoms with van der Waals surface area (Å²) in [6, 6.07) is 6.55. The molecule has 0 amide bonds. The van der Waals surface area contributed by atoms with Gasteiger partial charge in [0, 0.05) is 31.2 Å². The van der Waals surface area contributed by atoms with Gasteiger partial charge in [-0.3, -0.25) is 4.98 Å². The van der Waals surface area contributed by atoms with Gasteiger partial charge < -0.3 is 14.9 Å². The van der Waals surface area contributed by atoms with Crippen molar-refractivity contribution in [1.29, 1.82) is 0 Å². The van der Waals surface area contributed by atoms with Gasteiger partial charge in [0.2, 0.25) is 0 Å². The molecule has 2 aromatic heterocycles. The summed E-state index contributed by atoms with van der Waals surface area (Å²) in [5.41, 5.74) is 3.30. The highest BCUT2D eigenvalue weighted by Crippen LogP contribution is 2.30. The van der Waals surface area contributed by atoms with E-state index in [0.29, 0.717) is 5.69 Å². The molecule has 3 heterocycles. The Balaban J connectivity index is 1.52. The van der Waals surface area contributed by atoms with Crippen molar-refractivity contribution in [2.75, 3.05) is 29.4 Å². The number of piperazine rings is 1. The number of anilines is 2. The van der Waals surface area contributed by atoms with Crippen LogP contribution in [0.3, 0.4) is 0 Å². The van der Waals surface area contributed by atoms with E-state index in [1.807, 2.05) is 6.92 Å². The van der Waals surface area contributed by atoms with Crippen molar-refractivity contribution in [2.24, 2.45) is 0 Å². The molecule has 1 aliphatic rings. The monoisotopic (exact) mass is 436 g/mol. The molecule has 1 N–H and O–H groups in total. The molecular formula is C24H29FN6O. The highest BCUT2D eigenvalue weighted by molar-refractivity contribution is 5.67. The number of nitrogens with zero attached hydrogens (tertiary/aromatic N) is 6. The van der Waals surface area contributed by atoms with E-state index < -0.39 is 5.60 Å². The molecule has 32 heavy (non-hydrogen) atoms. The Morgan fingerprint density at radius 3 is 2.31 bits per heavy atom. The van der Waals surface area contributed by atoms with Gasteiger partial charge in [-0.05, 0) is 70.0 Å². The Labute approximate surface area is 188 Å². The summed E-state index contributed by atoms with van der Waals surface area (Å²) in [6.07, 6.45) is 3.37. The fourth-order valence-electron chi connectivity index (χ4n) is 4.05. The van der Waals surface area contributed by atoms with E-state index in [1.54, 1.807) is 38.4 Å². The summed E-state index contributed by atoms with van der Waals surface area (Å²) < 4.78 is 13.3. The van der Waals surface area contributed by atoms with E-state index >= 15 is 0 Å². The predicted octanol–water partition coefficient (Wildman–Crippen LogP) is 3.63. The molecule has 0 aliphatic carbocycles. The summed E-state index contributed by atoms with van der Waals surface area (Å²) in [5.74, 6) is 1.41. The van der Waals surface area contributed by atoms with Crippen molar-refractivity contribution in [1.82, 2.24) is 20.2 Å². The van der Waals surface area contributed by atoms with Crippen LogP contribution in [0.4, 0.5) is 16.0 Å². The molecule has 7 nitrogen and oxygen atoms in total. The molecule has 0 radical (unpaired) electrons. The van der Waals surface area contributed by atoms with Gasteiger partial charge >= 0.3 is 0 Å². The fraction of sp³-hybridized carbons (Fsp3) is 0.417. The number of hydrogen-bond acceptors (Lipinski definition) is 7. The van der Waals surface area contributed by atoms with E-state index in [9.17, 15) is 9.50 Å². The lowest BCUT2D eigenvalue weighted by molar-refractivity contribution is 0.0734. The van der Waals surface area contributed by atoms with Crippen LogP contribution in [-0.4, -0.2) is 50.9 Å². The number of halogens is 1. The van der Waals surface area contributed by atoms with Crippen molar-refractivity contribution in [2.45, 2.75) is 46.3 Å². The van der Waals surface area contributed by atoms with Gasteiger partial charge in [0.15, 0.2) is 5.82 Å². The van der Waals surface area contributed by atoms with Crippen molar-refractivity contribution >= 4 is 11.6 Å². The van der Waals surface area contributed by atoms with Crippen LogP contribution in [-0.2, 0) is 5.60 Å². The second-order valence-electron chi connectivity index (χ2n) is 8.94. The number of hydrogen-bond donors (Lipinski definition) is 1. The number of aromatic nitrogens is 4. The largest absolute Gasteiger partial charge is 0.384 e. The molecule has 4 rings (SSSR count). The maximum Gasteiger partial charge on any atom is 0.154 e. The predicted molar refractivity (Wildman–Crippen MR) is 123 cm³/mol. The molecule has 0 unspecified atom stereocenters. The minimum atomic E-state index is -1.01. The molecule has 168 valence electrons. The van der Waals surface area contributed by atoms with Gasteiger partial charge in [0.05, 0.1) is 23.8 Å². The zero-order valence-electron chi connectivity index (χ0n) is 19.2. The number of benzene rings is 1. The standard InChI is InChI=1S/C24H29FN6O/c1-15-14-30(10-11-31(15)21-13-26-20(12-27-21)24(4,5)32)23-17(3)16(2)22(28-29-23)18-6-8-19(25)9-7-18/h6-9,12-13,15,32H,10-11,14H2,1-5H3/t15-/m1/s1. The zero-order valence-corrected chi connectivity index (χ0v) is 19.2. The fourth-order valence-corrected chi connectivity index (χ4v) is 4.05. The molecule has 1 atom stereocenters. The molecule has 0 bridgehead atoms. The normalized spacial score (nSPS) is 17.0. The van der Waals surface area contributed by atoms with Crippen molar-refractivity contribution in [3.05, 3.63) is 59.3 Å².